The van der Waals surface area contributed by atoms with E-state index in [-0.39, 0.29) is 0 Å². The molecule has 5 nitrogen and oxygen atoms in total. The van der Waals surface area contributed by atoms with Crippen LogP contribution in [-0.2, 0) is 0 Å². The van der Waals surface area contributed by atoms with Gasteiger partial charge in [0.05, 0.1) is 0 Å². The van der Waals surface area contributed by atoms with Crippen molar-refractivity contribution in [3.63, 3.8) is 0 Å². The van der Waals surface area contributed by atoms with Crippen molar-refractivity contribution in [1.29, 1.82) is 0 Å². The number of aromatic nitrogens is 1. The third-order valence-electron chi connectivity index (χ3n) is 4.06. The Labute approximate surface area is 125 Å². The second kappa shape index (κ2) is 6.18. The number of hydrogen-bond acceptors (Lipinski definition) is 4. The summed E-state index contributed by atoms with van der Waals surface area (Å²) >= 11 is 0. The minimum atomic E-state index is 0.634. The van der Waals surface area contributed by atoms with Crippen LogP contribution >= 0.6 is 0 Å². The maximum Gasteiger partial charge on any atom is 0.117 e. The number of H-pyrrole nitrogens is 1. The molecule has 5 heteroatoms. The molecule has 0 amide bonds. The molecule has 1 unspecified atom stereocenters. The van der Waals surface area contributed by atoms with Crippen molar-refractivity contribution in [1.82, 2.24) is 15.7 Å². The van der Waals surface area contributed by atoms with Crippen LogP contribution in [0.3, 0.4) is 0 Å². The largest absolute Gasteiger partial charge is 0.361 e. The van der Waals surface area contributed by atoms with E-state index in [9.17, 15) is 0 Å². The number of fused-ring (bicyclic) bond motifs is 1. The van der Waals surface area contributed by atoms with Gasteiger partial charge in [0.25, 0.3) is 0 Å². The van der Waals surface area contributed by atoms with Crippen LogP contribution < -0.4 is 15.6 Å². The number of nitrogens with zero attached hydrogens (tertiary/aromatic N) is 2. The number of nitrogens with one attached hydrogen (secondary N) is 3. The molecule has 0 radical (unpaired) electrons. The van der Waals surface area contributed by atoms with Gasteiger partial charge in [0.15, 0.2) is 0 Å². The average Bonchev–Trinajstić information content (AvgIpc) is 3.28. The van der Waals surface area contributed by atoms with E-state index in [2.05, 4.69) is 50.1 Å². The first-order valence-corrected chi connectivity index (χ1v) is 7.76. The fourth-order valence-electron chi connectivity index (χ4n) is 2.99. The zero-order valence-corrected chi connectivity index (χ0v) is 12.7. The van der Waals surface area contributed by atoms with Crippen molar-refractivity contribution in [3.8, 4) is 0 Å². The Hall–Kier alpha value is -2.01. The monoisotopic (exact) mass is 285 g/mol. The van der Waals surface area contributed by atoms with Gasteiger partial charge in [-0.05, 0) is 42.6 Å². The lowest BCUT2D eigenvalue weighted by Gasteiger charge is -2.14. The lowest BCUT2D eigenvalue weighted by molar-refractivity contribution is 0.769. The van der Waals surface area contributed by atoms with Gasteiger partial charge in [0.1, 0.15) is 13.0 Å². The molecular formula is C16H23N5. The zero-order chi connectivity index (χ0) is 14.7. The van der Waals surface area contributed by atoms with E-state index in [4.69, 9.17) is 0 Å². The van der Waals surface area contributed by atoms with Gasteiger partial charge in [-0.3, -0.25) is 5.43 Å². The standard InChI is InChI=1S/C14H17N5.C2H6/c1-2-14-12(5-11(1)19-8-17-18-9-19)13(7-16-14)10-3-4-15-6-10;1-2/h1-2,5,7-8,10,15-16,18H,3-4,6,9H2;1-2H3. The van der Waals surface area contributed by atoms with Gasteiger partial charge >= 0.3 is 0 Å². The molecule has 4 rings (SSSR count). The van der Waals surface area contributed by atoms with Crippen LogP contribution in [0.2, 0.25) is 0 Å². The van der Waals surface area contributed by atoms with Crippen LogP contribution in [0, 0.1) is 0 Å². The molecule has 1 fully saturated rings. The van der Waals surface area contributed by atoms with Gasteiger partial charge in [-0.25, -0.2) is 0 Å². The highest BCUT2D eigenvalue weighted by atomic mass is 15.5. The highest BCUT2D eigenvalue weighted by Gasteiger charge is 2.20. The molecule has 0 spiro atoms. The molecule has 1 atom stereocenters. The number of hydrazone groups is 1. The molecule has 2 aromatic rings. The average molecular weight is 285 g/mol. The van der Waals surface area contributed by atoms with Gasteiger partial charge in [0, 0.05) is 29.3 Å². The van der Waals surface area contributed by atoms with Crippen molar-refractivity contribution >= 4 is 22.9 Å². The Morgan fingerprint density at radius 3 is 2.90 bits per heavy atom. The first-order valence-electron chi connectivity index (χ1n) is 7.76. The Kier molecular flexibility index (Phi) is 4.10. The fourth-order valence-corrected chi connectivity index (χ4v) is 2.99. The topological polar surface area (TPSA) is 55.5 Å². The predicted molar refractivity (Wildman–Crippen MR) is 88.8 cm³/mol. The summed E-state index contributed by atoms with van der Waals surface area (Å²) < 4.78 is 0. The molecule has 1 aromatic heterocycles. The van der Waals surface area contributed by atoms with E-state index >= 15 is 0 Å². The van der Waals surface area contributed by atoms with Gasteiger partial charge in [-0.2, -0.15) is 5.10 Å². The quantitative estimate of drug-likeness (QED) is 0.795. The van der Waals surface area contributed by atoms with Crippen LogP contribution in [0.5, 0.6) is 0 Å². The zero-order valence-electron chi connectivity index (χ0n) is 12.7. The molecule has 1 aromatic carbocycles. The molecule has 0 bridgehead atoms. The van der Waals surface area contributed by atoms with Crippen LogP contribution in [0.25, 0.3) is 10.9 Å². The number of anilines is 1. The second-order valence-corrected chi connectivity index (χ2v) is 5.19. The lowest BCUT2D eigenvalue weighted by Crippen LogP contribution is -2.22. The lowest BCUT2D eigenvalue weighted by atomic mass is 9.97. The summed E-state index contributed by atoms with van der Waals surface area (Å²) in [4.78, 5) is 5.50. The van der Waals surface area contributed by atoms with Crippen molar-refractivity contribution in [2.24, 2.45) is 5.10 Å². The fraction of sp³-hybridized carbons (Fsp3) is 0.438. The van der Waals surface area contributed by atoms with Gasteiger partial charge in [0.2, 0.25) is 0 Å². The Bertz CT molecular complexity index is 625. The summed E-state index contributed by atoms with van der Waals surface area (Å²) in [7, 11) is 0. The molecule has 1 saturated heterocycles. The minimum absolute atomic E-state index is 0.634. The third kappa shape index (κ3) is 2.61. The Balaban J connectivity index is 0.000000636. The van der Waals surface area contributed by atoms with Gasteiger partial charge in [-0.1, -0.05) is 13.8 Å². The van der Waals surface area contributed by atoms with E-state index in [0.717, 1.165) is 19.8 Å². The molecule has 21 heavy (non-hydrogen) atoms. The smallest absolute Gasteiger partial charge is 0.117 e. The summed E-state index contributed by atoms with van der Waals surface area (Å²) in [6.07, 6.45) is 5.23. The minimum Gasteiger partial charge on any atom is -0.361 e. The number of rotatable bonds is 2. The maximum atomic E-state index is 4.04. The highest BCUT2D eigenvalue weighted by molar-refractivity contribution is 5.90. The molecule has 0 saturated carbocycles. The van der Waals surface area contributed by atoms with E-state index in [1.54, 1.807) is 0 Å². The van der Waals surface area contributed by atoms with Crippen molar-refractivity contribution in [3.05, 3.63) is 30.0 Å². The third-order valence-corrected chi connectivity index (χ3v) is 4.06. The van der Waals surface area contributed by atoms with Crippen molar-refractivity contribution in [2.45, 2.75) is 26.2 Å². The van der Waals surface area contributed by atoms with Crippen LogP contribution in [-0.4, -0.2) is 31.1 Å². The first-order chi connectivity index (χ1) is 10.4. The SMILES string of the molecule is C1=NNCN1c1ccc2[nH]cc(C3CCNC3)c2c1.CC. The summed E-state index contributed by atoms with van der Waals surface area (Å²) in [6.45, 7) is 6.96. The summed E-state index contributed by atoms with van der Waals surface area (Å²) in [6, 6.07) is 6.55. The van der Waals surface area contributed by atoms with Gasteiger partial charge in [-0.15, -0.1) is 0 Å². The maximum absolute atomic E-state index is 4.04. The summed E-state index contributed by atoms with van der Waals surface area (Å²) in [5.41, 5.74) is 6.80. The van der Waals surface area contributed by atoms with Crippen molar-refractivity contribution < 1.29 is 0 Å². The number of benzene rings is 1. The van der Waals surface area contributed by atoms with Crippen LogP contribution in [0.15, 0.2) is 29.5 Å². The summed E-state index contributed by atoms with van der Waals surface area (Å²) in [5.74, 6) is 0.634. The van der Waals surface area contributed by atoms with Crippen LogP contribution in [0.4, 0.5) is 5.69 Å². The van der Waals surface area contributed by atoms with E-state index in [1.807, 2.05) is 20.2 Å². The molecule has 3 heterocycles. The molecule has 2 aliphatic heterocycles. The molecule has 3 N–H and O–H groups in total. The van der Waals surface area contributed by atoms with E-state index < -0.39 is 0 Å². The normalized spacial score (nSPS) is 20.5. The van der Waals surface area contributed by atoms with E-state index in [0.29, 0.717) is 5.92 Å². The summed E-state index contributed by atoms with van der Waals surface area (Å²) in [5, 5.41) is 8.82. The molecule has 112 valence electrons. The molecular weight excluding hydrogens is 262 g/mol. The number of aromatic amines is 1. The highest BCUT2D eigenvalue weighted by Crippen LogP contribution is 2.31. The number of hydrogen-bond donors (Lipinski definition) is 3. The Morgan fingerprint density at radius 1 is 1.29 bits per heavy atom. The predicted octanol–water partition coefficient (Wildman–Crippen LogP) is 2.58. The molecule has 2 aliphatic rings. The first kappa shape index (κ1) is 13.9. The van der Waals surface area contributed by atoms with E-state index in [1.165, 1.54) is 28.6 Å². The second-order valence-electron chi connectivity index (χ2n) is 5.19. The van der Waals surface area contributed by atoms with Crippen molar-refractivity contribution in [2.75, 3.05) is 24.7 Å². The van der Waals surface area contributed by atoms with Gasteiger partial charge < -0.3 is 15.2 Å². The Morgan fingerprint density at radius 2 is 2.19 bits per heavy atom. The van der Waals surface area contributed by atoms with Crippen LogP contribution in [0.1, 0.15) is 31.7 Å². The molecule has 0 aliphatic carbocycles.